The van der Waals surface area contributed by atoms with Gasteiger partial charge in [0.1, 0.15) is 11.7 Å². The highest BCUT2D eigenvalue weighted by molar-refractivity contribution is 5.90. The van der Waals surface area contributed by atoms with Gasteiger partial charge in [0.25, 0.3) is 0 Å². The summed E-state index contributed by atoms with van der Waals surface area (Å²) in [5.41, 5.74) is 1.61. The van der Waals surface area contributed by atoms with Gasteiger partial charge in [0, 0.05) is 52.8 Å². The summed E-state index contributed by atoms with van der Waals surface area (Å²) in [5.74, 6) is 0. The van der Waals surface area contributed by atoms with Crippen LogP contribution in [0.1, 0.15) is 41.0 Å². The molecule has 1 amide bonds. The van der Waals surface area contributed by atoms with Crippen LogP contribution < -0.4 is 0 Å². The minimum absolute atomic E-state index is 0.119. The summed E-state index contributed by atoms with van der Waals surface area (Å²) < 4.78 is 10.9. The fourth-order valence-electron chi connectivity index (χ4n) is 2.04. The third-order valence-electron chi connectivity index (χ3n) is 3.70. The number of rotatable bonds is 8. The quantitative estimate of drug-likeness (QED) is 0.636. The number of nitrogens with zero attached hydrogens (tertiary/aromatic N) is 3. The second-order valence-electron chi connectivity index (χ2n) is 6.86. The fraction of sp³-hybridized carbons (Fsp3) is 0.778. The summed E-state index contributed by atoms with van der Waals surface area (Å²) >= 11 is 0. The largest absolute Gasteiger partial charge is 0.444 e. The fourth-order valence-corrected chi connectivity index (χ4v) is 2.04. The summed E-state index contributed by atoms with van der Waals surface area (Å²) in [6.07, 6.45) is 2.48. The molecule has 0 aromatic carbocycles. The molecule has 0 fully saturated rings. The van der Waals surface area contributed by atoms with Gasteiger partial charge in [-0.15, -0.1) is 0 Å². The van der Waals surface area contributed by atoms with E-state index in [4.69, 9.17) is 9.47 Å². The Morgan fingerprint density at radius 1 is 1.21 bits per heavy atom. The maximum Gasteiger partial charge on any atom is 0.410 e. The van der Waals surface area contributed by atoms with Gasteiger partial charge in [-0.2, -0.15) is 0 Å². The Bertz CT molecular complexity index is 453. The molecule has 0 spiro atoms. The maximum absolute atomic E-state index is 12.0. The highest BCUT2D eigenvalue weighted by atomic mass is 16.6. The molecule has 6 heteroatoms. The van der Waals surface area contributed by atoms with E-state index in [2.05, 4.69) is 22.9 Å². The maximum atomic E-state index is 12.0. The lowest BCUT2D eigenvalue weighted by atomic mass is 10.1. The van der Waals surface area contributed by atoms with Gasteiger partial charge in [-0.25, -0.2) is 4.79 Å². The summed E-state index contributed by atoms with van der Waals surface area (Å²) in [5, 5.41) is 0. The average Bonchev–Trinajstić information content (AvgIpc) is 2.50. The van der Waals surface area contributed by atoms with Crippen molar-refractivity contribution in [2.24, 2.45) is 4.99 Å². The van der Waals surface area contributed by atoms with Crippen LogP contribution >= 0.6 is 0 Å². The Balaban J connectivity index is 4.67. The summed E-state index contributed by atoms with van der Waals surface area (Å²) in [6.45, 7) is 11.0. The third kappa shape index (κ3) is 8.34. The Morgan fingerprint density at radius 3 is 2.17 bits per heavy atom. The summed E-state index contributed by atoms with van der Waals surface area (Å²) in [6, 6.07) is 0. The number of carbonyl (C=O) groups excluding carboxylic acids is 1. The SMILES string of the molecule is CCC(=NC)C(/C=C(\C)N(C)CCN(C)C(=O)OC(C)(C)C)OC. The van der Waals surface area contributed by atoms with E-state index in [0.717, 1.165) is 17.8 Å². The van der Waals surface area contributed by atoms with Crippen LogP contribution in [-0.2, 0) is 9.47 Å². The van der Waals surface area contributed by atoms with Crippen molar-refractivity contribution in [3.05, 3.63) is 11.8 Å². The first-order valence-corrected chi connectivity index (χ1v) is 8.37. The molecule has 0 saturated heterocycles. The van der Waals surface area contributed by atoms with E-state index >= 15 is 0 Å². The van der Waals surface area contributed by atoms with Crippen LogP contribution in [0.3, 0.4) is 0 Å². The molecule has 0 aliphatic rings. The van der Waals surface area contributed by atoms with Gasteiger partial charge in [-0.3, -0.25) is 4.99 Å². The Labute approximate surface area is 147 Å². The summed E-state index contributed by atoms with van der Waals surface area (Å²) in [4.78, 5) is 19.9. The van der Waals surface area contributed by atoms with Crippen LogP contribution in [0.15, 0.2) is 16.8 Å². The standard InChI is InChI=1S/C18H35N3O3/c1-10-15(19-6)16(23-9)13-14(2)20(7)11-12-21(8)17(22)24-18(3,4)5/h13,16H,10-12H2,1-9H3/b14-13+,19-15?. The van der Waals surface area contributed by atoms with Crippen molar-refractivity contribution in [3.8, 4) is 0 Å². The van der Waals surface area contributed by atoms with E-state index in [0.29, 0.717) is 13.1 Å². The van der Waals surface area contributed by atoms with E-state index in [9.17, 15) is 4.79 Å². The molecule has 0 aliphatic heterocycles. The predicted octanol–water partition coefficient (Wildman–Crippen LogP) is 3.18. The van der Waals surface area contributed by atoms with Crippen LogP contribution in [0, 0.1) is 0 Å². The monoisotopic (exact) mass is 341 g/mol. The molecule has 0 aliphatic carbocycles. The molecular weight excluding hydrogens is 306 g/mol. The minimum atomic E-state index is -0.477. The van der Waals surface area contributed by atoms with Gasteiger partial charge in [0.2, 0.25) is 0 Å². The lowest BCUT2D eigenvalue weighted by Crippen LogP contribution is -2.38. The summed E-state index contributed by atoms with van der Waals surface area (Å²) in [7, 11) is 7.22. The first-order valence-electron chi connectivity index (χ1n) is 8.37. The van der Waals surface area contributed by atoms with Crippen molar-refractivity contribution < 1.29 is 14.3 Å². The molecule has 1 unspecified atom stereocenters. The minimum Gasteiger partial charge on any atom is -0.444 e. The number of ether oxygens (including phenoxy) is 2. The zero-order valence-corrected chi connectivity index (χ0v) is 16.8. The number of methoxy groups -OCH3 is 1. The zero-order valence-electron chi connectivity index (χ0n) is 16.8. The topological polar surface area (TPSA) is 54.4 Å². The number of allylic oxidation sites excluding steroid dienone is 1. The molecule has 0 bridgehead atoms. The number of aliphatic imine (C=N–C) groups is 1. The average molecular weight is 341 g/mol. The molecule has 0 saturated carbocycles. The molecule has 0 aromatic rings. The molecular formula is C18H35N3O3. The lowest BCUT2D eigenvalue weighted by molar-refractivity contribution is 0.0290. The molecule has 1 atom stereocenters. The van der Waals surface area contributed by atoms with Crippen molar-refractivity contribution in [2.45, 2.75) is 52.7 Å². The van der Waals surface area contributed by atoms with Gasteiger partial charge < -0.3 is 19.3 Å². The van der Waals surface area contributed by atoms with E-state index < -0.39 is 5.60 Å². The molecule has 0 N–H and O–H groups in total. The van der Waals surface area contributed by atoms with E-state index in [-0.39, 0.29) is 12.2 Å². The van der Waals surface area contributed by atoms with Crippen molar-refractivity contribution in [2.75, 3.05) is 41.3 Å². The Morgan fingerprint density at radius 2 is 1.75 bits per heavy atom. The zero-order chi connectivity index (χ0) is 18.9. The molecule has 0 radical (unpaired) electrons. The van der Waals surface area contributed by atoms with Crippen LogP contribution in [0.2, 0.25) is 0 Å². The first kappa shape index (κ1) is 22.4. The second kappa shape index (κ2) is 10.3. The van der Waals surface area contributed by atoms with Gasteiger partial charge in [0.05, 0.1) is 0 Å². The van der Waals surface area contributed by atoms with E-state index in [1.165, 1.54) is 0 Å². The number of amides is 1. The van der Waals surface area contributed by atoms with Gasteiger partial charge >= 0.3 is 6.09 Å². The molecule has 140 valence electrons. The molecule has 0 rings (SSSR count). The Kier molecular flexibility index (Phi) is 9.66. The highest BCUT2D eigenvalue weighted by Gasteiger charge is 2.19. The van der Waals surface area contributed by atoms with Crippen molar-refractivity contribution >= 4 is 11.8 Å². The molecule has 0 aromatic heterocycles. The van der Waals surface area contributed by atoms with Crippen molar-refractivity contribution in [1.82, 2.24) is 9.80 Å². The normalized spacial score (nSPS) is 14.4. The van der Waals surface area contributed by atoms with Crippen LogP contribution in [0.25, 0.3) is 0 Å². The second-order valence-corrected chi connectivity index (χ2v) is 6.86. The lowest BCUT2D eigenvalue weighted by Gasteiger charge is -2.27. The number of likely N-dealkylation sites (N-methyl/N-ethyl adjacent to an activating group) is 2. The molecule has 0 heterocycles. The molecule has 6 nitrogen and oxygen atoms in total. The first-order chi connectivity index (χ1) is 11.1. The number of carbonyl (C=O) groups is 1. The van der Waals surface area contributed by atoms with Crippen molar-refractivity contribution in [1.29, 1.82) is 0 Å². The van der Waals surface area contributed by atoms with E-state index in [1.54, 1.807) is 26.1 Å². The Hall–Kier alpha value is -1.56. The van der Waals surface area contributed by atoms with Gasteiger partial charge in [0.15, 0.2) is 0 Å². The van der Waals surface area contributed by atoms with Gasteiger partial charge in [-0.05, 0) is 40.2 Å². The smallest absolute Gasteiger partial charge is 0.410 e. The predicted molar refractivity (Wildman–Crippen MR) is 99.7 cm³/mol. The highest BCUT2D eigenvalue weighted by Crippen LogP contribution is 2.10. The van der Waals surface area contributed by atoms with E-state index in [1.807, 2.05) is 34.7 Å². The van der Waals surface area contributed by atoms with Crippen LogP contribution in [0.4, 0.5) is 4.79 Å². The van der Waals surface area contributed by atoms with Crippen LogP contribution in [0.5, 0.6) is 0 Å². The van der Waals surface area contributed by atoms with Gasteiger partial charge in [-0.1, -0.05) is 6.92 Å². The number of hydrogen-bond acceptors (Lipinski definition) is 5. The third-order valence-corrected chi connectivity index (χ3v) is 3.70. The molecule has 24 heavy (non-hydrogen) atoms. The van der Waals surface area contributed by atoms with Crippen LogP contribution in [-0.4, -0.2) is 74.7 Å². The number of hydrogen-bond donors (Lipinski definition) is 0. The van der Waals surface area contributed by atoms with Crippen molar-refractivity contribution in [3.63, 3.8) is 0 Å².